The van der Waals surface area contributed by atoms with Gasteiger partial charge in [0.25, 0.3) is 0 Å². The number of piperazine rings is 1. The molecular formula is C35H46Cl2N6O6. The first-order chi connectivity index (χ1) is 24.0. The summed E-state index contributed by atoms with van der Waals surface area (Å²) >= 11 is 12.7. The number of hydrogen-bond donors (Lipinski definition) is 2. The predicted molar refractivity (Wildman–Crippen MR) is 193 cm³/mol. The number of hydrogen-bond acceptors (Lipinski definition) is 12. The van der Waals surface area contributed by atoms with E-state index in [9.17, 15) is 5.26 Å². The highest BCUT2D eigenvalue weighted by Gasteiger charge is 2.18. The van der Waals surface area contributed by atoms with Crippen LogP contribution in [0.2, 0.25) is 10.0 Å². The molecule has 0 radical (unpaired) electrons. The van der Waals surface area contributed by atoms with Crippen molar-refractivity contribution in [2.75, 3.05) is 112 Å². The Kier molecular flexibility index (Phi) is 16.3. The number of nitrogens with zero attached hydrogens (tertiary/aromatic N) is 4. The van der Waals surface area contributed by atoms with Crippen molar-refractivity contribution in [2.45, 2.75) is 6.42 Å². The molecule has 0 aliphatic carbocycles. The van der Waals surface area contributed by atoms with Gasteiger partial charge in [-0.1, -0.05) is 29.8 Å². The van der Waals surface area contributed by atoms with Crippen LogP contribution in [0.5, 0.6) is 17.2 Å². The Morgan fingerprint density at radius 2 is 1.51 bits per heavy atom. The number of pyridine rings is 1. The maximum Gasteiger partial charge on any atom is 0.163 e. The minimum absolute atomic E-state index is 0.344. The topological polar surface area (TPSA) is 123 Å². The van der Waals surface area contributed by atoms with Crippen molar-refractivity contribution < 1.29 is 28.4 Å². The van der Waals surface area contributed by atoms with Gasteiger partial charge < -0.3 is 44.0 Å². The lowest BCUT2D eigenvalue weighted by atomic mass is 10.1. The lowest BCUT2D eigenvalue weighted by Gasteiger charge is -2.34. The lowest BCUT2D eigenvalue weighted by Crippen LogP contribution is -2.47. The Balaban J connectivity index is 1.18. The van der Waals surface area contributed by atoms with Crippen LogP contribution in [0.15, 0.2) is 43.2 Å². The first-order valence-corrected chi connectivity index (χ1v) is 17.1. The molecule has 49 heavy (non-hydrogen) atoms. The van der Waals surface area contributed by atoms with Gasteiger partial charge in [0.05, 0.1) is 93.0 Å². The van der Waals surface area contributed by atoms with Crippen molar-refractivity contribution in [3.8, 4) is 23.3 Å². The van der Waals surface area contributed by atoms with Gasteiger partial charge in [0.1, 0.15) is 11.8 Å². The molecule has 2 N–H and O–H groups in total. The Morgan fingerprint density at radius 1 is 0.837 bits per heavy atom. The Morgan fingerprint density at radius 3 is 2.18 bits per heavy atom. The van der Waals surface area contributed by atoms with Crippen molar-refractivity contribution in [3.63, 3.8) is 0 Å². The van der Waals surface area contributed by atoms with E-state index in [4.69, 9.17) is 51.6 Å². The first kappa shape index (κ1) is 38.3. The second kappa shape index (κ2) is 20.9. The summed E-state index contributed by atoms with van der Waals surface area (Å²) < 4.78 is 33.9. The number of aromatic nitrogens is 1. The van der Waals surface area contributed by atoms with Crippen molar-refractivity contribution in [1.82, 2.24) is 20.1 Å². The summed E-state index contributed by atoms with van der Waals surface area (Å²) in [4.78, 5) is 9.41. The highest BCUT2D eigenvalue weighted by molar-refractivity contribution is 6.37. The zero-order valence-electron chi connectivity index (χ0n) is 28.3. The molecule has 12 nitrogen and oxygen atoms in total. The summed E-state index contributed by atoms with van der Waals surface area (Å²) in [6.45, 7) is 14.4. The third-order valence-electron chi connectivity index (χ3n) is 7.95. The Hall–Kier alpha value is -3.54. The van der Waals surface area contributed by atoms with E-state index in [0.29, 0.717) is 101 Å². The molecule has 2 aromatic carbocycles. The molecule has 0 unspecified atom stereocenters. The molecular weight excluding hydrogens is 671 g/mol. The van der Waals surface area contributed by atoms with Gasteiger partial charge in [-0.25, -0.2) is 0 Å². The van der Waals surface area contributed by atoms with E-state index in [0.717, 1.165) is 52.2 Å². The molecule has 3 aromatic rings. The summed E-state index contributed by atoms with van der Waals surface area (Å²) in [6, 6.07) is 9.12. The van der Waals surface area contributed by atoms with E-state index in [2.05, 4.69) is 38.1 Å². The van der Waals surface area contributed by atoms with Gasteiger partial charge in [-0.15, -0.1) is 0 Å². The van der Waals surface area contributed by atoms with Crippen LogP contribution in [0.3, 0.4) is 0 Å². The number of benzene rings is 2. The number of methoxy groups -OCH3 is 2. The molecule has 1 saturated heterocycles. The fourth-order valence-electron chi connectivity index (χ4n) is 5.28. The van der Waals surface area contributed by atoms with Crippen molar-refractivity contribution in [1.29, 1.82) is 5.26 Å². The fourth-order valence-corrected chi connectivity index (χ4v) is 5.79. The van der Waals surface area contributed by atoms with Crippen LogP contribution >= 0.6 is 23.2 Å². The second-order valence-electron chi connectivity index (χ2n) is 11.2. The average Bonchev–Trinajstić information content (AvgIpc) is 3.12. The molecule has 0 saturated carbocycles. The van der Waals surface area contributed by atoms with Gasteiger partial charge in [-0.05, 0) is 24.8 Å². The maximum absolute atomic E-state index is 9.84. The van der Waals surface area contributed by atoms with Crippen LogP contribution in [0.1, 0.15) is 12.0 Å². The van der Waals surface area contributed by atoms with Crippen LogP contribution in [0.4, 0.5) is 11.4 Å². The largest absolute Gasteiger partial charge is 0.495 e. The summed E-state index contributed by atoms with van der Waals surface area (Å²) in [6.07, 6.45) is 4.04. The van der Waals surface area contributed by atoms with Crippen LogP contribution < -0.4 is 24.8 Å². The van der Waals surface area contributed by atoms with Crippen LogP contribution in [-0.2, 0) is 14.2 Å². The summed E-state index contributed by atoms with van der Waals surface area (Å²) in [5.74, 6) is 1.58. The quantitative estimate of drug-likeness (QED) is 0.131. The SMILES string of the molecule is C=CNCCOCCOCCOCCN1CCN(CCCOc2cc3ncc(C#N)c(Nc4cc(OC)c(Cl)cc4Cl)c3cc2OC)CC1. The van der Waals surface area contributed by atoms with Crippen molar-refractivity contribution >= 4 is 45.5 Å². The van der Waals surface area contributed by atoms with Gasteiger partial charge in [-0.2, -0.15) is 5.26 Å². The highest BCUT2D eigenvalue weighted by Crippen LogP contribution is 2.40. The minimum atomic E-state index is 0.344. The first-order valence-electron chi connectivity index (χ1n) is 16.3. The molecule has 14 heteroatoms. The molecule has 0 spiro atoms. The molecule has 0 atom stereocenters. The van der Waals surface area contributed by atoms with E-state index in [1.807, 2.05) is 12.1 Å². The lowest BCUT2D eigenvalue weighted by molar-refractivity contribution is 0.00856. The summed E-state index contributed by atoms with van der Waals surface area (Å²) in [5, 5.41) is 17.5. The minimum Gasteiger partial charge on any atom is -0.495 e. The van der Waals surface area contributed by atoms with Crippen molar-refractivity contribution in [2.24, 2.45) is 0 Å². The van der Waals surface area contributed by atoms with Gasteiger partial charge in [0.2, 0.25) is 0 Å². The standard InChI is InChI=1S/C35H46Cl2N6O6/c1-4-39-6-14-46-16-18-48-19-17-47-15-12-43-10-8-42(9-11-43)7-5-13-49-34-22-30-27(20-33(34)45-3)35(26(24-38)25-40-30)41-31-23-32(44-2)29(37)21-28(31)36/h4,20-23,25,39H,1,5-19H2,2-3H3,(H,40,41). The normalized spacial score (nSPS) is 13.6. The number of ether oxygens (including phenoxy) is 6. The molecule has 1 aromatic heterocycles. The Labute approximate surface area is 298 Å². The third-order valence-corrected chi connectivity index (χ3v) is 8.56. The number of nitrogens with one attached hydrogen (secondary N) is 2. The molecule has 2 heterocycles. The van der Waals surface area contributed by atoms with E-state index >= 15 is 0 Å². The van der Waals surface area contributed by atoms with E-state index < -0.39 is 0 Å². The van der Waals surface area contributed by atoms with Crippen LogP contribution in [0, 0.1) is 11.3 Å². The molecule has 0 bridgehead atoms. The Bertz CT molecular complexity index is 1530. The van der Waals surface area contributed by atoms with Crippen molar-refractivity contribution in [3.05, 3.63) is 58.8 Å². The zero-order chi connectivity index (χ0) is 34.8. The summed E-state index contributed by atoms with van der Waals surface area (Å²) in [7, 11) is 3.11. The molecule has 266 valence electrons. The van der Waals surface area contributed by atoms with E-state index in [1.54, 1.807) is 25.4 Å². The summed E-state index contributed by atoms with van der Waals surface area (Å²) in [5.41, 5.74) is 2.05. The van der Waals surface area contributed by atoms with Gasteiger partial charge in [-0.3, -0.25) is 9.88 Å². The number of anilines is 2. The van der Waals surface area contributed by atoms with E-state index in [1.165, 1.54) is 13.3 Å². The monoisotopic (exact) mass is 716 g/mol. The molecule has 0 amide bonds. The van der Waals surface area contributed by atoms with Gasteiger partial charge in [0.15, 0.2) is 11.5 Å². The maximum atomic E-state index is 9.84. The zero-order valence-corrected chi connectivity index (χ0v) is 29.8. The fraction of sp³-hybridized carbons (Fsp3) is 0.486. The van der Waals surface area contributed by atoms with Gasteiger partial charge >= 0.3 is 0 Å². The average molecular weight is 718 g/mol. The number of halogens is 2. The number of fused-ring (bicyclic) bond motifs is 1. The molecule has 1 aliphatic rings. The smallest absolute Gasteiger partial charge is 0.163 e. The number of rotatable bonds is 22. The highest BCUT2D eigenvalue weighted by atomic mass is 35.5. The number of nitriles is 1. The third kappa shape index (κ3) is 11.8. The molecule has 4 rings (SSSR count). The van der Waals surface area contributed by atoms with Crippen LogP contribution in [-0.4, -0.2) is 121 Å². The predicted octanol–water partition coefficient (Wildman–Crippen LogP) is 5.34. The molecule has 1 aliphatic heterocycles. The van der Waals surface area contributed by atoms with Crippen LogP contribution in [0.25, 0.3) is 10.9 Å². The van der Waals surface area contributed by atoms with E-state index in [-0.39, 0.29) is 0 Å². The molecule has 1 fully saturated rings. The second-order valence-corrected chi connectivity index (χ2v) is 12.0. The van der Waals surface area contributed by atoms with Gasteiger partial charge in [0, 0.05) is 69.5 Å².